The molecule has 1 aliphatic heterocycles. The van der Waals surface area contributed by atoms with Crippen molar-refractivity contribution < 1.29 is 23.7 Å². The van der Waals surface area contributed by atoms with E-state index in [1.54, 1.807) is 51.0 Å². The van der Waals surface area contributed by atoms with Gasteiger partial charge >= 0.3 is 0 Å². The van der Waals surface area contributed by atoms with Crippen molar-refractivity contribution in [2.75, 3.05) is 28.4 Å². The Morgan fingerprint density at radius 1 is 0.949 bits per heavy atom. The first kappa shape index (κ1) is 26.2. The summed E-state index contributed by atoms with van der Waals surface area (Å²) in [5.74, 6) is 1.85. The Morgan fingerprint density at radius 2 is 1.62 bits per heavy atom. The quantitative estimate of drug-likeness (QED) is 0.349. The second-order valence-corrected chi connectivity index (χ2v) is 10.0. The number of carbonyl (C=O) groups is 1. The van der Waals surface area contributed by atoms with Crippen molar-refractivity contribution in [3.8, 4) is 23.0 Å². The normalized spacial score (nSPS) is 15.1. The summed E-state index contributed by atoms with van der Waals surface area (Å²) in [6.07, 6.45) is 1.76. The Balaban J connectivity index is 1.82. The van der Waals surface area contributed by atoms with Crippen LogP contribution in [-0.4, -0.2) is 38.8 Å². The molecule has 0 saturated carbocycles. The highest BCUT2D eigenvalue weighted by Crippen LogP contribution is 2.40. The highest BCUT2D eigenvalue weighted by molar-refractivity contribution is 7.07. The zero-order valence-corrected chi connectivity index (χ0v) is 23.3. The van der Waals surface area contributed by atoms with Gasteiger partial charge < -0.3 is 18.9 Å². The lowest BCUT2D eigenvalue weighted by atomic mass is 9.89. The molecule has 39 heavy (non-hydrogen) atoms. The summed E-state index contributed by atoms with van der Waals surface area (Å²) in [4.78, 5) is 32.3. The van der Waals surface area contributed by atoms with E-state index in [0.29, 0.717) is 49.2 Å². The number of fused-ring (bicyclic) bond motifs is 2. The molecule has 200 valence electrons. The molecule has 0 amide bonds. The molecule has 8 nitrogen and oxygen atoms in total. The Hall–Kier alpha value is -4.37. The van der Waals surface area contributed by atoms with Crippen molar-refractivity contribution in [1.29, 1.82) is 0 Å². The molecule has 0 aliphatic carbocycles. The number of rotatable bonds is 7. The number of allylic oxidation sites excluding steroid dienone is 2. The maximum Gasteiger partial charge on any atom is 0.271 e. The molecule has 2 heterocycles. The lowest BCUT2D eigenvalue weighted by Crippen LogP contribution is -2.39. The summed E-state index contributed by atoms with van der Waals surface area (Å²) in [5, 5.41) is 1.87. The highest BCUT2D eigenvalue weighted by Gasteiger charge is 2.33. The van der Waals surface area contributed by atoms with Crippen LogP contribution in [0, 0.1) is 0 Å². The second-order valence-electron chi connectivity index (χ2n) is 9.00. The fraction of sp³-hybridized carbons (Fsp3) is 0.233. The average Bonchev–Trinajstić information content (AvgIpc) is 3.24. The minimum atomic E-state index is -0.707. The van der Waals surface area contributed by atoms with Gasteiger partial charge in [0.15, 0.2) is 22.1 Å². The molecule has 0 spiro atoms. The van der Waals surface area contributed by atoms with Crippen LogP contribution < -0.4 is 33.8 Å². The number of aromatic nitrogens is 1. The lowest BCUT2D eigenvalue weighted by Gasteiger charge is -2.27. The molecule has 1 aliphatic rings. The van der Waals surface area contributed by atoms with Gasteiger partial charge in [0.2, 0.25) is 5.75 Å². The van der Waals surface area contributed by atoms with Crippen molar-refractivity contribution in [2.24, 2.45) is 4.99 Å². The molecule has 5 rings (SSSR count). The third-order valence-electron chi connectivity index (χ3n) is 6.81. The first-order chi connectivity index (χ1) is 18.8. The summed E-state index contributed by atoms with van der Waals surface area (Å²) in [6, 6.07) is 14.5. The monoisotopic (exact) mass is 544 g/mol. The van der Waals surface area contributed by atoms with Crippen molar-refractivity contribution >= 4 is 34.0 Å². The number of ketones is 1. The van der Waals surface area contributed by atoms with Gasteiger partial charge in [-0.25, -0.2) is 4.99 Å². The van der Waals surface area contributed by atoms with E-state index in [4.69, 9.17) is 18.9 Å². The molecule has 0 fully saturated rings. The van der Waals surface area contributed by atoms with Crippen LogP contribution in [0.15, 0.2) is 69.6 Å². The van der Waals surface area contributed by atoms with Gasteiger partial charge in [0.25, 0.3) is 5.56 Å². The smallest absolute Gasteiger partial charge is 0.271 e. The van der Waals surface area contributed by atoms with Crippen LogP contribution in [0.4, 0.5) is 0 Å². The van der Waals surface area contributed by atoms with Gasteiger partial charge in [-0.05, 0) is 54.5 Å². The summed E-state index contributed by atoms with van der Waals surface area (Å²) in [5.41, 5.74) is 2.20. The van der Waals surface area contributed by atoms with Crippen molar-refractivity contribution in [1.82, 2.24) is 4.57 Å². The summed E-state index contributed by atoms with van der Waals surface area (Å²) >= 11 is 1.26. The molecular weight excluding hydrogens is 516 g/mol. The van der Waals surface area contributed by atoms with Gasteiger partial charge in [0.1, 0.15) is 5.75 Å². The number of ether oxygens (including phenoxy) is 4. The summed E-state index contributed by atoms with van der Waals surface area (Å²) in [7, 11) is 6.21. The minimum Gasteiger partial charge on any atom is -0.496 e. The van der Waals surface area contributed by atoms with Crippen LogP contribution in [0.1, 0.15) is 31.0 Å². The van der Waals surface area contributed by atoms with Crippen molar-refractivity contribution in [3.63, 3.8) is 0 Å². The fourth-order valence-electron chi connectivity index (χ4n) is 5.12. The van der Waals surface area contributed by atoms with Crippen LogP contribution >= 0.6 is 11.3 Å². The van der Waals surface area contributed by atoms with Gasteiger partial charge in [0, 0.05) is 16.8 Å². The molecule has 0 saturated heterocycles. The molecule has 4 aromatic rings. The number of Topliss-reactive ketones (excluding diaryl/α,β-unsaturated/α-hetero) is 1. The molecular formula is C30H28N2O6S. The largest absolute Gasteiger partial charge is 0.496 e. The SMILES string of the molecule is COc1cc(/C=c2\sc3n(c2=O)C(c2c(OC)ccc4ccccc24)C(C(C)=O)=C(C)N=3)cc(OC)c1OC. The number of hydrogen-bond donors (Lipinski definition) is 0. The summed E-state index contributed by atoms with van der Waals surface area (Å²) < 4.78 is 24.2. The lowest BCUT2D eigenvalue weighted by molar-refractivity contribution is -0.114. The topological polar surface area (TPSA) is 88.4 Å². The first-order valence-corrected chi connectivity index (χ1v) is 13.0. The van der Waals surface area contributed by atoms with Crippen LogP contribution in [0.25, 0.3) is 16.8 Å². The molecule has 9 heteroatoms. The van der Waals surface area contributed by atoms with E-state index in [2.05, 4.69) is 4.99 Å². The van der Waals surface area contributed by atoms with E-state index in [1.165, 1.54) is 25.4 Å². The van der Waals surface area contributed by atoms with Gasteiger partial charge in [-0.3, -0.25) is 14.2 Å². The van der Waals surface area contributed by atoms with E-state index in [0.717, 1.165) is 16.3 Å². The van der Waals surface area contributed by atoms with E-state index in [-0.39, 0.29) is 11.3 Å². The minimum absolute atomic E-state index is 0.157. The van der Waals surface area contributed by atoms with Crippen molar-refractivity contribution in [2.45, 2.75) is 19.9 Å². The van der Waals surface area contributed by atoms with Crippen LogP contribution in [-0.2, 0) is 4.79 Å². The van der Waals surface area contributed by atoms with Gasteiger partial charge in [-0.1, -0.05) is 41.7 Å². The molecule has 3 aromatic carbocycles. The molecule has 1 aromatic heterocycles. The van der Waals surface area contributed by atoms with E-state index in [1.807, 2.05) is 36.4 Å². The Bertz CT molecular complexity index is 1810. The molecule has 0 bridgehead atoms. The number of carbonyl (C=O) groups excluding carboxylic acids is 1. The molecule has 0 radical (unpaired) electrons. The number of benzene rings is 3. The van der Waals surface area contributed by atoms with Crippen LogP contribution in [0.3, 0.4) is 0 Å². The van der Waals surface area contributed by atoms with Gasteiger partial charge in [0.05, 0.1) is 39.0 Å². The maximum atomic E-state index is 14.1. The highest BCUT2D eigenvalue weighted by atomic mass is 32.1. The van der Waals surface area contributed by atoms with E-state index < -0.39 is 6.04 Å². The zero-order valence-electron chi connectivity index (χ0n) is 22.5. The molecule has 0 N–H and O–H groups in total. The predicted octanol–water partition coefficient (Wildman–Crippen LogP) is 4.01. The predicted molar refractivity (Wildman–Crippen MR) is 151 cm³/mol. The van der Waals surface area contributed by atoms with E-state index in [9.17, 15) is 9.59 Å². The van der Waals surface area contributed by atoms with Crippen LogP contribution in [0.2, 0.25) is 0 Å². The number of nitrogens with zero attached hydrogens (tertiary/aromatic N) is 2. The van der Waals surface area contributed by atoms with E-state index >= 15 is 0 Å². The molecule has 1 atom stereocenters. The van der Waals surface area contributed by atoms with Crippen LogP contribution in [0.5, 0.6) is 23.0 Å². The van der Waals surface area contributed by atoms with Crippen molar-refractivity contribution in [3.05, 3.63) is 90.6 Å². The second kappa shape index (κ2) is 10.4. The maximum absolute atomic E-state index is 14.1. The third kappa shape index (κ3) is 4.38. The Kier molecular flexibility index (Phi) is 7.01. The zero-order chi connectivity index (χ0) is 27.8. The summed E-state index contributed by atoms with van der Waals surface area (Å²) in [6.45, 7) is 3.31. The molecule has 1 unspecified atom stereocenters. The first-order valence-electron chi connectivity index (χ1n) is 12.2. The van der Waals surface area contributed by atoms with Gasteiger partial charge in [-0.15, -0.1) is 0 Å². The van der Waals surface area contributed by atoms with Gasteiger partial charge in [-0.2, -0.15) is 0 Å². The number of hydrogen-bond acceptors (Lipinski definition) is 8. The standard InChI is InChI=1S/C30H28N2O6S/c1-16-25(17(2)33)27(26-20-10-8-7-9-19(20)11-12-21(26)35-3)32-29(34)24(39-30(32)31-16)15-18-13-22(36-4)28(38-6)23(14-18)37-5/h7-15,27H,1-6H3/b24-15-. The number of thiazole rings is 1. The Labute approximate surface area is 229 Å². The number of methoxy groups -OCH3 is 4. The Morgan fingerprint density at radius 3 is 2.23 bits per heavy atom. The average molecular weight is 545 g/mol. The third-order valence-corrected chi connectivity index (χ3v) is 7.79. The fourth-order valence-corrected chi connectivity index (χ4v) is 6.16.